The van der Waals surface area contributed by atoms with Gasteiger partial charge in [-0.05, 0) is 27.7 Å². The van der Waals surface area contributed by atoms with E-state index in [1.807, 2.05) is 27.7 Å². The summed E-state index contributed by atoms with van der Waals surface area (Å²) in [7, 11) is 0. The summed E-state index contributed by atoms with van der Waals surface area (Å²) in [5.74, 6) is -0.549. The zero-order valence-corrected chi connectivity index (χ0v) is 13.5. The number of nitrogens with one attached hydrogen (secondary N) is 1. The SMILES string of the molecule is CC1CN(C(C)(C)CNC(=O)COCC(F)(F)F)CC(C)O1. The van der Waals surface area contributed by atoms with Gasteiger partial charge in [0.25, 0.3) is 0 Å². The lowest BCUT2D eigenvalue weighted by Gasteiger charge is -2.45. The van der Waals surface area contributed by atoms with Gasteiger partial charge in [0.2, 0.25) is 5.91 Å². The number of ether oxygens (including phenoxy) is 2. The lowest BCUT2D eigenvalue weighted by Crippen LogP contribution is -2.58. The van der Waals surface area contributed by atoms with E-state index in [1.54, 1.807) is 0 Å². The minimum Gasteiger partial charge on any atom is -0.373 e. The number of amides is 1. The topological polar surface area (TPSA) is 50.8 Å². The highest BCUT2D eigenvalue weighted by Crippen LogP contribution is 2.20. The molecule has 1 heterocycles. The van der Waals surface area contributed by atoms with Crippen LogP contribution < -0.4 is 5.32 Å². The van der Waals surface area contributed by atoms with Crippen molar-refractivity contribution in [3.63, 3.8) is 0 Å². The molecule has 1 aliphatic rings. The van der Waals surface area contributed by atoms with Crippen LogP contribution in [0.5, 0.6) is 0 Å². The largest absolute Gasteiger partial charge is 0.411 e. The van der Waals surface area contributed by atoms with Crippen LogP contribution in [-0.2, 0) is 14.3 Å². The summed E-state index contributed by atoms with van der Waals surface area (Å²) in [6.45, 7) is 7.76. The van der Waals surface area contributed by atoms with Gasteiger partial charge in [-0.1, -0.05) is 0 Å². The molecule has 0 aliphatic carbocycles. The molecule has 0 spiro atoms. The number of halogens is 3. The molecule has 0 aromatic heterocycles. The molecular weight excluding hydrogens is 301 g/mol. The lowest BCUT2D eigenvalue weighted by molar-refractivity contribution is -0.175. The van der Waals surface area contributed by atoms with Crippen LogP contribution in [0, 0.1) is 0 Å². The third-order valence-electron chi connectivity index (χ3n) is 3.49. The molecule has 1 saturated heterocycles. The molecule has 1 N–H and O–H groups in total. The van der Waals surface area contributed by atoms with Crippen LogP contribution in [0.15, 0.2) is 0 Å². The summed E-state index contributed by atoms with van der Waals surface area (Å²) in [6, 6.07) is 0. The molecule has 1 aliphatic heterocycles. The van der Waals surface area contributed by atoms with E-state index >= 15 is 0 Å². The smallest absolute Gasteiger partial charge is 0.373 e. The van der Waals surface area contributed by atoms with E-state index < -0.39 is 25.3 Å². The number of carbonyl (C=O) groups is 1. The van der Waals surface area contributed by atoms with E-state index in [0.29, 0.717) is 6.54 Å². The molecular formula is C14H25F3N2O3. The van der Waals surface area contributed by atoms with Gasteiger partial charge in [0, 0.05) is 25.2 Å². The normalized spacial score (nSPS) is 24.3. The number of nitrogens with zero attached hydrogens (tertiary/aromatic N) is 1. The Morgan fingerprint density at radius 3 is 2.32 bits per heavy atom. The van der Waals surface area contributed by atoms with Crippen LogP contribution in [0.1, 0.15) is 27.7 Å². The Labute approximate surface area is 129 Å². The molecule has 130 valence electrons. The van der Waals surface area contributed by atoms with Gasteiger partial charge in [-0.3, -0.25) is 9.69 Å². The molecule has 2 unspecified atom stereocenters. The third-order valence-corrected chi connectivity index (χ3v) is 3.49. The Hall–Kier alpha value is -0.860. The van der Waals surface area contributed by atoms with Gasteiger partial charge in [-0.15, -0.1) is 0 Å². The summed E-state index contributed by atoms with van der Waals surface area (Å²) in [5.41, 5.74) is -0.314. The Bertz CT molecular complexity index is 365. The zero-order valence-electron chi connectivity index (χ0n) is 13.5. The van der Waals surface area contributed by atoms with E-state index in [4.69, 9.17) is 4.74 Å². The molecule has 0 aromatic carbocycles. The fourth-order valence-corrected chi connectivity index (χ4v) is 2.41. The maximum absolute atomic E-state index is 11.9. The first-order chi connectivity index (χ1) is 9.99. The van der Waals surface area contributed by atoms with E-state index in [1.165, 1.54) is 0 Å². The zero-order chi connectivity index (χ0) is 17.0. The van der Waals surface area contributed by atoms with Gasteiger partial charge in [-0.2, -0.15) is 13.2 Å². The number of morpholine rings is 1. The van der Waals surface area contributed by atoms with E-state index in [0.717, 1.165) is 13.1 Å². The van der Waals surface area contributed by atoms with Crippen molar-refractivity contribution < 1.29 is 27.4 Å². The van der Waals surface area contributed by atoms with Crippen molar-refractivity contribution in [1.82, 2.24) is 10.2 Å². The van der Waals surface area contributed by atoms with Gasteiger partial charge in [0.1, 0.15) is 13.2 Å². The number of hydrogen-bond donors (Lipinski definition) is 1. The Morgan fingerprint density at radius 2 is 1.82 bits per heavy atom. The summed E-state index contributed by atoms with van der Waals surface area (Å²) in [6.07, 6.45) is -4.21. The van der Waals surface area contributed by atoms with Crippen LogP contribution >= 0.6 is 0 Å². The van der Waals surface area contributed by atoms with Crippen LogP contribution in [0.2, 0.25) is 0 Å². The predicted molar refractivity (Wildman–Crippen MR) is 75.5 cm³/mol. The number of alkyl halides is 3. The molecule has 0 radical (unpaired) electrons. The first-order valence-electron chi connectivity index (χ1n) is 7.31. The first-order valence-corrected chi connectivity index (χ1v) is 7.31. The van der Waals surface area contributed by atoms with Gasteiger partial charge in [0.15, 0.2) is 0 Å². The molecule has 1 rings (SSSR count). The molecule has 1 fully saturated rings. The van der Waals surface area contributed by atoms with Crippen molar-refractivity contribution in [2.75, 3.05) is 32.8 Å². The molecule has 1 amide bonds. The van der Waals surface area contributed by atoms with Crippen molar-refractivity contribution in [3.8, 4) is 0 Å². The standard InChI is InChI=1S/C14H25F3N2O3/c1-10-5-19(6-11(2)22-10)13(3,4)8-18-12(20)7-21-9-14(15,16)17/h10-11H,5-9H2,1-4H3,(H,18,20). The van der Waals surface area contributed by atoms with Crippen molar-refractivity contribution in [1.29, 1.82) is 0 Å². The van der Waals surface area contributed by atoms with Crippen LogP contribution in [0.3, 0.4) is 0 Å². The third kappa shape index (κ3) is 6.93. The maximum Gasteiger partial charge on any atom is 0.411 e. The minimum absolute atomic E-state index is 0.105. The Morgan fingerprint density at radius 1 is 1.27 bits per heavy atom. The summed E-state index contributed by atoms with van der Waals surface area (Å²) >= 11 is 0. The molecule has 5 nitrogen and oxygen atoms in total. The second-order valence-electron chi connectivity index (χ2n) is 6.36. The highest BCUT2D eigenvalue weighted by atomic mass is 19.4. The second kappa shape index (κ2) is 7.61. The fourth-order valence-electron chi connectivity index (χ4n) is 2.41. The maximum atomic E-state index is 11.9. The van der Waals surface area contributed by atoms with Gasteiger partial charge < -0.3 is 14.8 Å². The first kappa shape index (κ1) is 19.2. The fraction of sp³-hybridized carbons (Fsp3) is 0.929. The second-order valence-corrected chi connectivity index (χ2v) is 6.36. The van der Waals surface area contributed by atoms with Crippen LogP contribution in [0.25, 0.3) is 0 Å². The Kier molecular flexibility index (Phi) is 6.64. The monoisotopic (exact) mass is 326 g/mol. The van der Waals surface area contributed by atoms with E-state index in [9.17, 15) is 18.0 Å². The average molecular weight is 326 g/mol. The van der Waals surface area contributed by atoms with Gasteiger partial charge >= 0.3 is 6.18 Å². The molecule has 0 aromatic rings. The Balaban J connectivity index is 2.36. The van der Waals surface area contributed by atoms with Crippen LogP contribution in [-0.4, -0.2) is 67.6 Å². The molecule has 2 atom stereocenters. The van der Waals surface area contributed by atoms with E-state index in [-0.39, 0.29) is 17.7 Å². The van der Waals surface area contributed by atoms with Crippen molar-refractivity contribution >= 4 is 5.91 Å². The summed E-state index contributed by atoms with van der Waals surface area (Å²) < 4.78 is 45.8. The molecule has 22 heavy (non-hydrogen) atoms. The van der Waals surface area contributed by atoms with Crippen LogP contribution in [0.4, 0.5) is 13.2 Å². The number of carbonyl (C=O) groups excluding carboxylic acids is 1. The quantitative estimate of drug-likeness (QED) is 0.805. The predicted octanol–water partition coefficient (Wildman–Crippen LogP) is 1.57. The molecule has 0 saturated carbocycles. The van der Waals surface area contributed by atoms with Gasteiger partial charge in [0.05, 0.1) is 12.2 Å². The van der Waals surface area contributed by atoms with E-state index in [2.05, 4.69) is 15.0 Å². The van der Waals surface area contributed by atoms with Crippen molar-refractivity contribution in [2.24, 2.45) is 0 Å². The number of hydrogen-bond acceptors (Lipinski definition) is 4. The highest BCUT2D eigenvalue weighted by molar-refractivity contribution is 5.77. The summed E-state index contributed by atoms with van der Waals surface area (Å²) in [4.78, 5) is 13.8. The minimum atomic E-state index is -4.42. The summed E-state index contributed by atoms with van der Waals surface area (Å²) in [5, 5.41) is 2.62. The number of rotatable bonds is 6. The molecule has 0 bridgehead atoms. The lowest BCUT2D eigenvalue weighted by atomic mass is 10.00. The van der Waals surface area contributed by atoms with Crippen molar-refractivity contribution in [2.45, 2.75) is 51.6 Å². The highest BCUT2D eigenvalue weighted by Gasteiger charge is 2.33. The van der Waals surface area contributed by atoms with Crippen molar-refractivity contribution in [3.05, 3.63) is 0 Å². The van der Waals surface area contributed by atoms with Gasteiger partial charge in [-0.25, -0.2) is 0 Å². The molecule has 8 heteroatoms. The average Bonchev–Trinajstić information content (AvgIpc) is 2.34.